The molecule has 8 nitrogen and oxygen atoms in total. The molecule has 0 saturated carbocycles. The van der Waals surface area contributed by atoms with Crippen LogP contribution in [0.2, 0.25) is 0 Å². The Morgan fingerprint density at radius 3 is 2.77 bits per heavy atom. The van der Waals surface area contributed by atoms with Crippen LogP contribution in [0.5, 0.6) is 0 Å². The molecule has 0 atom stereocenters. The number of rotatable bonds is 5. The quantitative estimate of drug-likeness (QED) is 0.378. The smallest absolute Gasteiger partial charge is 0.253 e. The van der Waals surface area contributed by atoms with E-state index in [9.17, 15) is 9.59 Å². The molecule has 0 aliphatic heterocycles. The Morgan fingerprint density at radius 2 is 2.09 bits per heavy atom. The van der Waals surface area contributed by atoms with Crippen molar-refractivity contribution in [2.75, 3.05) is 18.9 Å². The molecule has 3 aromatic heterocycles. The van der Waals surface area contributed by atoms with Crippen LogP contribution in [0.3, 0.4) is 0 Å². The molecular formula is C25H23BrN6O2S. The summed E-state index contributed by atoms with van der Waals surface area (Å²) < 4.78 is 2.67. The van der Waals surface area contributed by atoms with E-state index in [1.165, 1.54) is 18.3 Å². The average Bonchev–Trinajstić information content (AvgIpc) is 3.44. The van der Waals surface area contributed by atoms with Crippen molar-refractivity contribution in [2.24, 2.45) is 0 Å². The Labute approximate surface area is 215 Å². The number of benzene rings is 1. The standard InChI is InChI=1S/C25H23BrN6O2S/c1-4-31(3)24(34)15-7-10-20(18(26)12-15)32-22-17(21(30-32)16-6-5-11-27-13-16)8-9-19-23(22)35-25(29-19)28-14(2)33/h5-7,10-13H,4,8-9H2,1-3H3,(H,28,29,33). The van der Waals surface area contributed by atoms with Crippen LogP contribution in [0.25, 0.3) is 27.5 Å². The second kappa shape index (κ2) is 9.35. The number of fused-ring (bicyclic) bond motifs is 3. The van der Waals surface area contributed by atoms with Gasteiger partial charge in [-0.15, -0.1) is 0 Å². The minimum Gasteiger partial charge on any atom is -0.342 e. The van der Waals surface area contributed by atoms with E-state index in [0.717, 1.165) is 56.1 Å². The SMILES string of the molecule is CCN(C)C(=O)c1ccc(-n2nc(-c3cccnc3)c3c2-c2sc(NC(C)=O)nc2CC3)c(Br)c1. The first kappa shape index (κ1) is 23.4. The molecule has 4 aromatic rings. The lowest BCUT2D eigenvalue weighted by Crippen LogP contribution is -2.26. The first-order valence-electron chi connectivity index (χ1n) is 11.2. The number of amides is 2. The molecule has 1 N–H and O–H groups in total. The highest BCUT2D eigenvalue weighted by molar-refractivity contribution is 9.10. The molecule has 178 valence electrons. The summed E-state index contributed by atoms with van der Waals surface area (Å²) in [5.74, 6) is -0.191. The summed E-state index contributed by atoms with van der Waals surface area (Å²) in [5, 5.41) is 8.42. The Morgan fingerprint density at radius 1 is 1.26 bits per heavy atom. The van der Waals surface area contributed by atoms with E-state index >= 15 is 0 Å². The van der Waals surface area contributed by atoms with Crippen molar-refractivity contribution < 1.29 is 9.59 Å². The van der Waals surface area contributed by atoms with Crippen LogP contribution in [0, 0.1) is 0 Å². The maximum atomic E-state index is 12.7. The zero-order chi connectivity index (χ0) is 24.7. The number of carbonyl (C=O) groups excluding carboxylic acids is 2. The van der Waals surface area contributed by atoms with Gasteiger partial charge in [-0.1, -0.05) is 11.3 Å². The Bertz CT molecular complexity index is 1450. The number of carbonyl (C=O) groups is 2. The molecule has 0 unspecified atom stereocenters. The predicted octanol–water partition coefficient (Wildman–Crippen LogP) is 4.97. The van der Waals surface area contributed by atoms with Gasteiger partial charge in [0.25, 0.3) is 5.91 Å². The topological polar surface area (TPSA) is 93.0 Å². The monoisotopic (exact) mass is 550 g/mol. The van der Waals surface area contributed by atoms with Gasteiger partial charge < -0.3 is 10.2 Å². The van der Waals surface area contributed by atoms with Gasteiger partial charge in [0.05, 0.1) is 27.6 Å². The zero-order valence-corrected chi connectivity index (χ0v) is 21.9. The van der Waals surface area contributed by atoms with E-state index in [0.29, 0.717) is 17.2 Å². The Balaban J connectivity index is 1.69. The maximum Gasteiger partial charge on any atom is 0.253 e. The number of aromatic nitrogens is 4. The number of thiazole rings is 1. The van der Waals surface area contributed by atoms with Crippen LogP contribution < -0.4 is 5.32 Å². The van der Waals surface area contributed by atoms with E-state index < -0.39 is 0 Å². The molecule has 1 aromatic carbocycles. The number of pyridine rings is 1. The van der Waals surface area contributed by atoms with E-state index in [1.54, 1.807) is 18.1 Å². The molecule has 2 amide bonds. The van der Waals surface area contributed by atoms with Gasteiger partial charge in [0.15, 0.2) is 5.13 Å². The summed E-state index contributed by atoms with van der Waals surface area (Å²) in [6.45, 7) is 4.05. The summed E-state index contributed by atoms with van der Waals surface area (Å²) in [7, 11) is 1.78. The van der Waals surface area contributed by atoms with Crippen LogP contribution in [0.1, 0.15) is 35.5 Å². The fourth-order valence-electron chi connectivity index (χ4n) is 4.16. The summed E-state index contributed by atoms with van der Waals surface area (Å²) in [4.78, 5) is 35.9. The van der Waals surface area contributed by atoms with Gasteiger partial charge in [-0.3, -0.25) is 14.6 Å². The highest BCUT2D eigenvalue weighted by Gasteiger charge is 2.30. The van der Waals surface area contributed by atoms with Crippen LogP contribution in [0.15, 0.2) is 47.2 Å². The third-order valence-electron chi connectivity index (χ3n) is 5.97. The first-order chi connectivity index (χ1) is 16.9. The van der Waals surface area contributed by atoms with Crippen molar-refractivity contribution in [3.05, 3.63) is 64.0 Å². The fraction of sp³-hybridized carbons (Fsp3) is 0.240. The van der Waals surface area contributed by atoms with E-state index in [-0.39, 0.29) is 11.8 Å². The molecule has 1 aliphatic carbocycles. The zero-order valence-electron chi connectivity index (χ0n) is 19.5. The highest BCUT2D eigenvalue weighted by atomic mass is 79.9. The van der Waals surface area contributed by atoms with E-state index in [4.69, 9.17) is 5.10 Å². The number of nitrogens with zero attached hydrogens (tertiary/aromatic N) is 5. The Kier molecular flexibility index (Phi) is 6.24. The third kappa shape index (κ3) is 4.28. The highest BCUT2D eigenvalue weighted by Crippen LogP contribution is 2.44. The normalized spacial score (nSPS) is 12.1. The van der Waals surface area contributed by atoms with Crippen LogP contribution in [0.4, 0.5) is 5.13 Å². The molecule has 0 bridgehead atoms. The van der Waals surface area contributed by atoms with Gasteiger partial charge in [0, 0.05) is 54.1 Å². The lowest BCUT2D eigenvalue weighted by Gasteiger charge is -2.17. The van der Waals surface area contributed by atoms with Crippen molar-refractivity contribution in [1.29, 1.82) is 0 Å². The van der Waals surface area contributed by atoms with Crippen molar-refractivity contribution in [1.82, 2.24) is 24.6 Å². The van der Waals surface area contributed by atoms with Crippen molar-refractivity contribution >= 4 is 44.2 Å². The first-order valence-corrected chi connectivity index (χ1v) is 12.8. The minimum atomic E-state index is -0.152. The number of aryl methyl sites for hydroxylation is 1. The summed E-state index contributed by atoms with van der Waals surface area (Å²) in [6.07, 6.45) is 5.09. The van der Waals surface area contributed by atoms with Gasteiger partial charge in [-0.25, -0.2) is 9.67 Å². The molecular weight excluding hydrogens is 528 g/mol. The molecule has 0 spiro atoms. The van der Waals surface area contributed by atoms with Crippen LogP contribution in [-0.4, -0.2) is 50.1 Å². The second-order valence-electron chi connectivity index (χ2n) is 8.29. The van der Waals surface area contributed by atoms with Crippen molar-refractivity contribution in [3.63, 3.8) is 0 Å². The number of anilines is 1. The molecule has 35 heavy (non-hydrogen) atoms. The number of hydrogen-bond acceptors (Lipinski definition) is 6. The summed E-state index contributed by atoms with van der Waals surface area (Å²) >= 11 is 5.13. The molecule has 0 saturated heterocycles. The second-order valence-corrected chi connectivity index (χ2v) is 10.1. The average molecular weight is 551 g/mol. The lowest BCUT2D eigenvalue weighted by atomic mass is 9.95. The van der Waals surface area contributed by atoms with Crippen LogP contribution in [-0.2, 0) is 17.6 Å². The van der Waals surface area contributed by atoms with Crippen molar-refractivity contribution in [2.45, 2.75) is 26.7 Å². The predicted molar refractivity (Wildman–Crippen MR) is 140 cm³/mol. The minimum absolute atomic E-state index is 0.0389. The number of halogens is 1. The van der Waals surface area contributed by atoms with Gasteiger partial charge in [0.1, 0.15) is 0 Å². The third-order valence-corrected chi connectivity index (χ3v) is 7.62. The maximum absolute atomic E-state index is 12.7. The summed E-state index contributed by atoms with van der Waals surface area (Å²) in [6, 6.07) is 9.47. The molecule has 1 aliphatic rings. The molecule has 3 heterocycles. The number of nitrogens with one attached hydrogen (secondary N) is 1. The van der Waals surface area contributed by atoms with Gasteiger partial charge >= 0.3 is 0 Å². The summed E-state index contributed by atoms with van der Waals surface area (Å²) in [5.41, 5.74) is 6.22. The fourth-order valence-corrected chi connectivity index (χ4v) is 5.82. The molecule has 10 heteroatoms. The molecule has 0 radical (unpaired) electrons. The molecule has 5 rings (SSSR count). The van der Waals surface area contributed by atoms with Gasteiger partial charge in [-0.2, -0.15) is 5.10 Å². The van der Waals surface area contributed by atoms with Crippen molar-refractivity contribution in [3.8, 4) is 27.5 Å². The van der Waals surface area contributed by atoms with E-state index in [2.05, 4.69) is 31.2 Å². The Hall–Kier alpha value is -3.37. The largest absolute Gasteiger partial charge is 0.342 e. The van der Waals surface area contributed by atoms with Gasteiger partial charge in [0.2, 0.25) is 5.91 Å². The van der Waals surface area contributed by atoms with E-state index in [1.807, 2.05) is 48.1 Å². The lowest BCUT2D eigenvalue weighted by molar-refractivity contribution is -0.114. The number of hydrogen-bond donors (Lipinski definition) is 1. The van der Waals surface area contributed by atoms with Crippen LogP contribution >= 0.6 is 27.3 Å². The molecule has 0 fully saturated rings. The van der Waals surface area contributed by atoms with Gasteiger partial charge in [-0.05, 0) is 66.0 Å².